The molecule has 0 saturated heterocycles. The van der Waals surface area contributed by atoms with E-state index in [1.54, 1.807) is 31.4 Å². The van der Waals surface area contributed by atoms with Gasteiger partial charge in [0.1, 0.15) is 28.0 Å². The minimum Gasteiger partial charge on any atom is -0.497 e. The van der Waals surface area contributed by atoms with Crippen molar-refractivity contribution in [3.05, 3.63) is 74.7 Å². The van der Waals surface area contributed by atoms with Crippen LogP contribution in [0.15, 0.2) is 48.5 Å². The fourth-order valence-corrected chi connectivity index (χ4v) is 3.61. The molecule has 1 amide bonds. The number of nitrogens with zero attached hydrogens (tertiary/aromatic N) is 1. The van der Waals surface area contributed by atoms with Gasteiger partial charge in [0, 0.05) is 11.6 Å². The quantitative estimate of drug-likeness (QED) is 0.580. The molecule has 1 aromatic heterocycles. The molecule has 7 heteroatoms. The van der Waals surface area contributed by atoms with Crippen LogP contribution in [0.4, 0.5) is 0 Å². The summed E-state index contributed by atoms with van der Waals surface area (Å²) in [5.41, 5.74) is 1.85. The van der Waals surface area contributed by atoms with Gasteiger partial charge in [-0.25, -0.2) is 4.98 Å². The second-order valence-corrected chi connectivity index (χ2v) is 7.64. The molecule has 1 heterocycles. The fraction of sp³-hybridized carbons (Fsp3) is 0.238. The number of ether oxygens (including phenoxy) is 2. The summed E-state index contributed by atoms with van der Waals surface area (Å²) in [6, 6.07) is 15.0. The van der Waals surface area contributed by atoms with E-state index in [4.69, 9.17) is 21.1 Å². The Hall–Kier alpha value is -2.57. The molecule has 5 nitrogen and oxygen atoms in total. The highest BCUT2D eigenvalue weighted by molar-refractivity contribution is 7.13. The predicted octanol–water partition coefficient (Wildman–Crippen LogP) is 4.67. The maximum atomic E-state index is 12.5. The lowest BCUT2D eigenvalue weighted by Crippen LogP contribution is -2.25. The van der Waals surface area contributed by atoms with E-state index in [0.717, 1.165) is 22.7 Å². The first-order valence-electron chi connectivity index (χ1n) is 8.81. The molecule has 0 unspecified atom stereocenters. The van der Waals surface area contributed by atoms with Gasteiger partial charge < -0.3 is 14.8 Å². The van der Waals surface area contributed by atoms with Crippen LogP contribution in [0, 0.1) is 6.92 Å². The minimum atomic E-state index is -0.110. The van der Waals surface area contributed by atoms with Gasteiger partial charge in [-0.3, -0.25) is 4.79 Å². The number of nitrogens with one attached hydrogen (secondary N) is 1. The topological polar surface area (TPSA) is 60.5 Å². The van der Waals surface area contributed by atoms with E-state index in [2.05, 4.69) is 10.3 Å². The lowest BCUT2D eigenvalue weighted by molar-refractivity contribution is 0.0957. The number of thiazole rings is 1. The Morgan fingerprint density at radius 2 is 1.79 bits per heavy atom. The molecular weight excluding hydrogens is 396 g/mol. The van der Waals surface area contributed by atoms with Gasteiger partial charge in [0.2, 0.25) is 0 Å². The second-order valence-electron chi connectivity index (χ2n) is 6.12. The molecule has 0 aliphatic rings. The van der Waals surface area contributed by atoms with E-state index in [0.29, 0.717) is 34.5 Å². The molecule has 0 atom stereocenters. The van der Waals surface area contributed by atoms with Crippen LogP contribution in [-0.2, 0) is 13.0 Å². The van der Waals surface area contributed by atoms with Crippen molar-refractivity contribution < 1.29 is 14.3 Å². The van der Waals surface area contributed by atoms with Crippen LogP contribution >= 0.6 is 22.9 Å². The highest BCUT2D eigenvalue weighted by Crippen LogP contribution is 2.21. The Kier molecular flexibility index (Phi) is 6.90. The average Bonchev–Trinajstić information content (AvgIpc) is 3.09. The highest BCUT2D eigenvalue weighted by Gasteiger charge is 2.15. The molecule has 0 bridgehead atoms. The van der Waals surface area contributed by atoms with Gasteiger partial charge in [-0.2, -0.15) is 0 Å². The lowest BCUT2D eigenvalue weighted by Gasteiger charge is -2.05. The number of carbonyl (C=O) groups is 1. The predicted molar refractivity (Wildman–Crippen MR) is 112 cm³/mol. The molecule has 0 spiro atoms. The van der Waals surface area contributed by atoms with Crippen LogP contribution in [0.25, 0.3) is 0 Å². The Morgan fingerprint density at radius 1 is 1.11 bits per heavy atom. The van der Waals surface area contributed by atoms with Crippen LogP contribution in [-0.4, -0.2) is 24.5 Å². The molecule has 3 rings (SSSR count). The molecule has 28 heavy (non-hydrogen) atoms. The summed E-state index contributed by atoms with van der Waals surface area (Å²) in [5.74, 6) is 1.42. The highest BCUT2D eigenvalue weighted by atomic mass is 35.5. The van der Waals surface area contributed by atoms with Gasteiger partial charge in [-0.15, -0.1) is 11.3 Å². The summed E-state index contributed by atoms with van der Waals surface area (Å²) in [4.78, 5) is 17.5. The zero-order valence-electron chi connectivity index (χ0n) is 15.7. The lowest BCUT2D eigenvalue weighted by atomic mass is 10.1. The third kappa shape index (κ3) is 5.47. The number of amides is 1. The van der Waals surface area contributed by atoms with E-state index in [1.165, 1.54) is 11.3 Å². The first-order chi connectivity index (χ1) is 13.5. The number of rotatable bonds is 8. The van der Waals surface area contributed by atoms with Gasteiger partial charge in [-0.05, 0) is 55.3 Å². The first-order valence-corrected chi connectivity index (χ1v) is 10.0. The van der Waals surface area contributed by atoms with Crippen molar-refractivity contribution >= 4 is 28.8 Å². The number of benzene rings is 2. The number of methoxy groups -OCH3 is 1. The summed E-state index contributed by atoms with van der Waals surface area (Å²) in [7, 11) is 1.64. The Balaban J connectivity index is 1.51. The van der Waals surface area contributed by atoms with Gasteiger partial charge in [-0.1, -0.05) is 23.7 Å². The molecule has 0 aliphatic carbocycles. The van der Waals surface area contributed by atoms with Gasteiger partial charge in [0.15, 0.2) is 0 Å². The van der Waals surface area contributed by atoms with Crippen molar-refractivity contribution in [2.45, 2.75) is 20.0 Å². The van der Waals surface area contributed by atoms with Crippen LogP contribution in [0.1, 0.15) is 25.9 Å². The van der Waals surface area contributed by atoms with Crippen molar-refractivity contribution in [3.8, 4) is 11.5 Å². The van der Waals surface area contributed by atoms with E-state index in [-0.39, 0.29) is 5.91 Å². The van der Waals surface area contributed by atoms with Gasteiger partial charge in [0.05, 0.1) is 12.8 Å². The fourth-order valence-electron chi connectivity index (χ4n) is 2.59. The summed E-state index contributed by atoms with van der Waals surface area (Å²) in [5, 5.41) is 4.37. The Morgan fingerprint density at radius 3 is 2.46 bits per heavy atom. The van der Waals surface area contributed by atoms with Gasteiger partial charge in [0.25, 0.3) is 5.91 Å². The first kappa shape index (κ1) is 20.2. The number of aryl methyl sites for hydroxylation is 1. The maximum absolute atomic E-state index is 12.5. The minimum absolute atomic E-state index is 0.110. The number of halogens is 1. The van der Waals surface area contributed by atoms with Crippen molar-refractivity contribution in [1.29, 1.82) is 0 Å². The molecule has 146 valence electrons. The Bertz CT molecular complexity index is 924. The number of aromatic nitrogens is 1. The molecular formula is C21H21ClN2O3S. The van der Waals surface area contributed by atoms with Crippen molar-refractivity contribution in [3.63, 3.8) is 0 Å². The zero-order chi connectivity index (χ0) is 19.9. The van der Waals surface area contributed by atoms with Crippen molar-refractivity contribution in [2.24, 2.45) is 0 Å². The van der Waals surface area contributed by atoms with Crippen LogP contribution in [0.5, 0.6) is 11.5 Å². The van der Waals surface area contributed by atoms with E-state index in [9.17, 15) is 4.79 Å². The van der Waals surface area contributed by atoms with Crippen LogP contribution < -0.4 is 14.8 Å². The Labute approximate surface area is 173 Å². The molecule has 0 aliphatic heterocycles. The molecule has 0 saturated carbocycles. The van der Waals surface area contributed by atoms with Crippen molar-refractivity contribution in [2.75, 3.05) is 13.7 Å². The summed E-state index contributed by atoms with van der Waals surface area (Å²) >= 11 is 7.22. The number of hydrogen-bond donors (Lipinski definition) is 1. The van der Waals surface area contributed by atoms with E-state index >= 15 is 0 Å². The standard InChI is InChI=1S/C21H21ClN2O3S/c1-14-20(21(25)23-12-11-15-3-7-17(26-2)8-4-15)28-19(24-14)13-27-18-9-5-16(22)6-10-18/h3-10H,11-13H2,1-2H3,(H,23,25). The van der Waals surface area contributed by atoms with Crippen LogP contribution in [0.3, 0.4) is 0 Å². The zero-order valence-corrected chi connectivity index (χ0v) is 17.3. The molecule has 0 radical (unpaired) electrons. The molecule has 2 aromatic carbocycles. The third-order valence-electron chi connectivity index (χ3n) is 4.08. The average molecular weight is 417 g/mol. The van der Waals surface area contributed by atoms with E-state index < -0.39 is 0 Å². The largest absolute Gasteiger partial charge is 0.497 e. The monoisotopic (exact) mass is 416 g/mol. The smallest absolute Gasteiger partial charge is 0.263 e. The third-order valence-corrected chi connectivity index (χ3v) is 5.46. The number of carbonyl (C=O) groups excluding carboxylic acids is 1. The molecule has 0 fully saturated rings. The second kappa shape index (κ2) is 9.57. The molecule has 1 N–H and O–H groups in total. The summed E-state index contributed by atoms with van der Waals surface area (Å²) < 4.78 is 10.8. The SMILES string of the molecule is COc1ccc(CCNC(=O)c2sc(COc3ccc(Cl)cc3)nc2C)cc1. The van der Waals surface area contributed by atoms with Gasteiger partial charge >= 0.3 is 0 Å². The maximum Gasteiger partial charge on any atom is 0.263 e. The summed E-state index contributed by atoms with van der Waals surface area (Å²) in [6.07, 6.45) is 0.750. The summed E-state index contributed by atoms with van der Waals surface area (Å²) in [6.45, 7) is 2.70. The number of hydrogen-bond acceptors (Lipinski definition) is 5. The van der Waals surface area contributed by atoms with Crippen LogP contribution in [0.2, 0.25) is 5.02 Å². The van der Waals surface area contributed by atoms with Crippen molar-refractivity contribution in [1.82, 2.24) is 10.3 Å². The normalized spacial score (nSPS) is 10.5. The van der Waals surface area contributed by atoms with E-state index in [1.807, 2.05) is 31.2 Å². The molecule has 3 aromatic rings.